The number of aromatic nitrogens is 1. The van der Waals surface area contributed by atoms with E-state index in [-0.39, 0.29) is 74.8 Å². The van der Waals surface area contributed by atoms with Crippen molar-refractivity contribution in [1.29, 1.82) is 0 Å². The lowest BCUT2D eigenvalue weighted by atomic mass is 10.0. The molecule has 18 amide bonds. The topological polar surface area (TPSA) is 650 Å². The van der Waals surface area contributed by atoms with E-state index in [1.54, 1.807) is 98.8 Å². The maximum Gasteiger partial charge on any atom is 0.312 e. The summed E-state index contributed by atoms with van der Waals surface area (Å²) in [5, 5.41) is 50.7. The van der Waals surface area contributed by atoms with E-state index in [1.165, 1.54) is 35.4 Å². The molecule has 1 aromatic heterocycles. The first-order chi connectivity index (χ1) is 55.5. The number of primary amides is 5. The highest BCUT2D eigenvalue weighted by Crippen LogP contribution is 2.23. The molecule has 0 unspecified atom stereocenters. The summed E-state index contributed by atoms with van der Waals surface area (Å²) in [5.74, 6) is -17.2. The van der Waals surface area contributed by atoms with Crippen molar-refractivity contribution in [3.63, 3.8) is 0 Å². The number of hydrogen-bond acceptors (Lipinski definition) is 20. The van der Waals surface area contributed by atoms with Gasteiger partial charge in [0.25, 0.3) is 0 Å². The van der Waals surface area contributed by atoms with Crippen LogP contribution in [0.3, 0.4) is 0 Å². The third-order valence-electron chi connectivity index (χ3n) is 18.8. The highest BCUT2D eigenvalue weighted by molar-refractivity contribution is 6.02. The third-order valence-corrected chi connectivity index (χ3v) is 18.8. The smallest absolute Gasteiger partial charge is 0.312 e. The molecule has 2 heterocycles. The van der Waals surface area contributed by atoms with E-state index in [0.29, 0.717) is 40.4 Å². The summed E-state index contributed by atoms with van der Waals surface area (Å²) < 4.78 is 0. The largest absolute Gasteiger partial charge is 0.508 e. The summed E-state index contributed by atoms with van der Waals surface area (Å²) in [6.07, 6.45) is -1.63. The van der Waals surface area contributed by atoms with Crippen molar-refractivity contribution in [3.8, 4) is 5.75 Å². The molecular formula is C78H106N20O19. The summed E-state index contributed by atoms with van der Waals surface area (Å²) in [6.45, 7) is 5.33. The Morgan fingerprint density at radius 2 is 0.889 bits per heavy atom. The molecule has 0 spiro atoms. The predicted molar refractivity (Wildman–Crippen MR) is 423 cm³/mol. The third kappa shape index (κ3) is 30.7. The van der Waals surface area contributed by atoms with Crippen LogP contribution in [-0.2, 0) is 102 Å². The molecule has 12 atom stereocenters. The quantitative estimate of drug-likeness (QED) is 0.0162. The number of nitrogens with one attached hydrogen (secondary N) is 13. The molecule has 0 aliphatic carbocycles. The minimum atomic E-state index is -2.03. The highest BCUT2D eigenvalue weighted by atomic mass is 16.3. The highest BCUT2D eigenvalue weighted by Gasteiger charge is 2.41. The van der Waals surface area contributed by atoms with Crippen LogP contribution in [0.1, 0.15) is 108 Å². The minimum Gasteiger partial charge on any atom is -0.508 e. The van der Waals surface area contributed by atoms with Crippen molar-refractivity contribution in [2.75, 3.05) is 26.2 Å². The number of carbonyl (C=O) groups excluding carboxylic acids is 17. The first-order valence-electron chi connectivity index (χ1n) is 38.0. The summed E-state index contributed by atoms with van der Waals surface area (Å²) >= 11 is 0. The van der Waals surface area contributed by atoms with Crippen LogP contribution >= 0.6 is 0 Å². The second kappa shape index (κ2) is 45.7. The van der Waals surface area contributed by atoms with Gasteiger partial charge in [0.1, 0.15) is 72.2 Å². The van der Waals surface area contributed by atoms with E-state index in [9.17, 15) is 91.7 Å². The Morgan fingerprint density at radius 1 is 0.462 bits per heavy atom. The van der Waals surface area contributed by atoms with Gasteiger partial charge < -0.3 is 118 Å². The standard InChI is InChI=1S/C78H106N20O19/c1-41(2)29-49(79)77(116)98-28-14-22-61(98)76(115)96-59(37-64(82)103)73(112)92-55(33-45-23-25-47(100)26-24-45)70(109)94-57(35-62(80)101)72(111)93-56(34-46-38-86-50-20-12-11-19-48(46)50)71(110)95-58(36-63(81)102)74(113)97-60(40-99)75(114)91-54(32-44-17-9-6-10-18-44)67(106)87-39-65(104)88-53(30-42(3)4)69(108)89-51(21-13-27-85-78(84)117)68(107)90-52(66(83)105)31-43-15-7-5-8-16-43/h5-12,15-20,23-26,38,41-42,49,51-61,86,99-100H,13-14,21-22,27-37,39-40,79H2,1-4H3,(H2,80,101)(H2,81,102)(H2,82,103)(H2,83,105)(H,87,106)(H,88,104)(H,89,108)(H,90,107)(H,91,114)(H,92,112)(H,93,111)(H,94,109)(H,95,110)(H,96,115)(H,97,113)(H3,84,85,117)/t49-,51-,52-,53-,54-,55-,56-,57-,58-,59-,60-,61-/m0/s1. The normalized spacial score (nSPS) is 15.2. The van der Waals surface area contributed by atoms with Gasteiger partial charge in [-0.3, -0.25) is 76.7 Å². The molecule has 1 aliphatic rings. The summed E-state index contributed by atoms with van der Waals surface area (Å²) in [7, 11) is 0. The Hall–Kier alpha value is -13.1. The van der Waals surface area contributed by atoms with E-state index in [0.717, 1.165) is 0 Å². The Balaban J connectivity index is 1.20. The lowest BCUT2D eigenvalue weighted by Crippen LogP contribution is -2.62. The molecule has 632 valence electrons. The number of urea groups is 1. The van der Waals surface area contributed by atoms with Crippen LogP contribution in [0.15, 0.2) is 115 Å². The zero-order valence-electron chi connectivity index (χ0n) is 65.3. The average molecular weight is 1630 g/mol. The fourth-order valence-electron chi connectivity index (χ4n) is 13.0. The zero-order chi connectivity index (χ0) is 86.2. The molecular weight excluding hydrogens is 1520 g/mol. The van der Waals surface area contributed by atoms with Crippen molar-refractivity contribution in [1.82, 2.24) is 73.7 Å². The molecule has 0 saturated carbocycles. The number of rotatable bonds is 47. The SMILES string of the molecule is CC(C)C[C@H](NC(=O)CNC(=O)[C@H](Cc1ccccc1)NC(=O)[C@H](CO)NC(=O)[C@H](CC(N)=O)NC(=O)[C@H](Cc1c[nH]c2ccccc12)NC(=O)[C@H](CC(N)=O)NC(=O)[C@H](Cc1ccc(O)cc1)NC(=O)[C@H](CC(N)=O)NC(=O)[C@@H]1CCCN1C(=O)[C@@H](N)CC(C)C)C(=O)N[C@@H](CCCNC(N)=O)C(=O)N[C@@H](Cc1ccccc1)C(N)=O. The lowest BCUT2D eigenvalue weighted by Gasteiger charge is -2.29. The molecule has 1 saturated heterocycles. The van der Waals surface area contributed by atoms with E-state index in [2.05, 4.69) is 68.8 Å². The number of carbonyl (C=O) groups is 17. The number of likely N-dealkylation sites (tertiary alicyclic amines) is 1. The van der Waals surface area contributed by atoms with Gasteiger partial charge in [0.05, 0.1) is 38.5 Å². The van der Waals surface area contributed by atoms with E-state index in [4.69, 9.17) is 34.4 Å². The number of aliphatic hydroxyl groups excluding tert-OH is 1. The van der Waals surface area contributed by atoms with Crippen LogP contribution in [0.2, 0.25) is 0 Å². The number of nitrogens with two attached hydrogens (primary N) is 6. The zero-order valence-corrected chi connectivity index (χ0v) is 65.3. The fourth-order valence-corrected chi connectivity index (χ4v) is 13.0. The van der Waals surface area contributed by atoms with Crippen LogP contribution in [0.25, 0.3) is 10.9 Å². The average Bonchev–Trinajstić information content (AvgIpc) is 1.65. The van der Waals surface area contributed by atoms with Gasteiger partial charge in [-0.2, -0.15) is 0 Å². The van der Waals surface area contributed by atoms with Gasteiger partial charge >= 0.3 is 6.03 Å². The van der Waals surface area contributed by atoms with E-state index < -0.39 is 218 Å². The summed E-state index contributed by atoms with van der Waals surface area (Å²) in [5.41, 5.74) is 36.3. The monoisotopic (exact) mass is 1630 g/mol. The first kappa shape index (κ1) is 92.8. The number of phenols is 1. The Bertz CT molecular complexity index is 4340. The van der Waals surface area contributed by atoms with Gasteiger partial charge in [0.2, 0.25) is 94.5 Å². The number of aromatic hydroxyl groups is 1. The fraction of sp³-hybridized carbons (Fsp3) is 0.449. The molecule has 1 fully saturated rings. The number of H-pyrrole nitrogens is 1. The van der Waals surface area contributed by atoms with Crippen LogP contribution in [0.4, 0.5) is 4.79 Å². The van der Waals surface area contributed by atoms with Crippen molar-refractivity contribution in [2.45, 2.75) is 184 Å². The van der Waals surface area contributed by atoms with Gasteiger partial charge in [0.15, 0.2) is 0 Å². The number of amides is 18. The first-order valence-corrected chi connectivity index (χ1v) is 38.0. The van der Waals surface area contributed by atoms with E-state index >= 15 is 0 Å². The number of hydrogen-bond donors (Lipinski definition) is 21. The number of aromatic amines is 1. The van der Waals surface area contributed by atoms with Gasteiger partial charge in [-0.1, -0.05) is 119 Å². The van der Waals surface area contributed by atoms with Crippen molar-refractivity contribution in [2.24, 2.45) is 46.2 Å². The second-order valence-electron chi connectivity index (χ2n) is 29.3. The van der Waals surface area contributed by atoms with Crippen LogP contribution in [-0.4, -0.2) is 219 Å². The van der Waals surface area contributed by atoms with Crippen LogP contribution in [0.5, 0.6) is 5.75 Å². The lowest BCUT2D eigenvalue weighted by molar-refractivity contribution is -0.141. The molecule has 27 N–H and O–H groups in total. The van der Waals surface area contributed by atoms with Gasteiger partial charge in [-0.15, -0.1) is 0 Å². The molecule has 0 bridgehead atoms. The molecule has 4 aromatic carbocycles. The van der Waals surface area contributed by atoms with Gasteiger partial charge in [-0.25, -0.2) is 4.79 Å². The molecule has 6 rings (SSSR count). The van der Waals surface area contributed by atoms with E-state index in [1.807, 2.05) is 13.8 Å². The molecule has 117 heavy (non-hydrogen) atoms. The van der Waals surface area contributed by atoms with Gasteiger partial charge in [0, 0.05) is 55.9 Å². The number of fused-ring (bicyclic) bond motifs is 1. The van der Waals surface area contributed by atoms with Gasteiger partial charge in [-0.05, 0) is 90.8 Å². The van der Waals surface area contributed by atoms with Crippen molar-refractivity contribution in [3.05, 3.63) is 138 Å². The number of nitrogens with zero attached hydrogens (tertiary/aromatic N) is 1. The van der Waals surface area contributed by atoms with Crippen molar-refractivity contribution < 1.29 is 91.7 Å². The molecule has 39 heteroatoms. The Morgan fingerprint density at radius 3 is 1.40 bits per heavy atom. The number of phenolic OH excluding ortho intramolecular Hbond substituents is 1. The maximum absolute atomic E-state index is 14.9. The molecule has 0 radical (unpaired) electrons. The molecule has 1 aliphatic heterocycles. The van der Waals surface area contributed by atoms with Crippen LogP contribution in [0, 0.1) is 11.8 Å². The number of para-hydroxylation sites is 1. The number of aliphatic hydroxyl groups is 1. The summed E-state index contributed by atoms with van der Waals surface area (Å²) in [6, 6.07) is 8.86. The predicted octanol–water partition coefficient (Wildman–Crippen LogP) is -4.93. The van der Waals surface area contributed by atoms with Crippen LogP contribution < -0.4 is 98.2 Å². The molecule has 39 nitrogen and oxygen atoms in total. The second-order valence-corrected chi connectivity index (χ2v) is 29.3. The summed E-state index contributed by atoms with van der Waals surface area (Å²) in [4.78, 5) is 237. The number of benzene rings is 4. The Labute approximate surface area is 673 Å². The maximum atomic E-state index is 14.9. The Kier molecular flexibility index (Phi) is 36.3. The molecule has 5 aromatic rings. The van der Waals surface area contributed by atoms with Crippen molar-refractivity contribution >= 4 is 111 Å². The minimum absolute atomic E-state index is 0.00376.